The highest BCUT2D eigenvalue weighted by atomic mass is 35.5. The van der Waals surface area contributed by atoms with Crippen molar-refractivity contribution in [3.63, 3.8) is 0 Å². The van der Waals surface area contributed by atoms with Gasteiger partial charge in [-0.15, -0.1) is 0 Å². The molecule has 0 aromatic heterocycles. The minimum absolute atomic E-state index is 0.0505. The molecule has 27 heavy (non-hydrogen) atoms. The summed E-state index contributed by atoms with van der Waals surface area (Å²) in [5, 5.41) is 4.74. The summed E-state index contributed by atoms with van der Waals surface area (Å²) in [6.45, 7) is 3.16. The molecule has 0 spiro atoms. The summed E-state index contributed by atoms with van der Waals surface area (Å²) < 4.78 is 11.6. The SMILES string of the molecule is Clc1ccc(C(CCOC2CCCCO2)CNCc2ccccc2)cc1Cl. The summed E-state index contributed by atoms with van der Waals surface area (Å²) in [7, 11) is 0. The van der Waals surface area contributed by atoms with Crippen molar-refractivity contribution in [2.24, 2.45) is 0 Å². The van der Waals surface area contributed by atoms with E-state index in [2.05, 4.69) is 35.6 Å². The highest BCUT2D eigenvalue weighted by molar-refractivity contribution is 6.42. The molecule has 1 saturated heterocycles. The van der Waals surface area contributed by atoms with Crippen molar-refractivity contribution >= 4 is 23.2 Å². The number of hydrogen-bond acceptors (Lipinski definition) is 3. The number of hydrogen-bond donors (Lipinski definition) is 1. The van der Waals surface area contributed by atoms with Gasteiger partial charge in [-0.2, -0.15) is 0 Å². The van der Waals surface area contributed by atoms with Gasteiger partial charge >= 0.3 is 0 Å². The molecule has 146 valence electrons. The number of rotatable bonds is 9. The maximum absolute atomic E-state index is 6.24. The van der Waals surface area contributed by atoms with Crippen LogP contribution < -0.4 is 5.32 Å². The maximum Gasteiger partial charge on any atom is 0.157 e. The molecular formula is C22H27Cl2NO2. The second kappa shape index (κ2) is 11.0. The summed E-state index contributed by atoms with van der Waals surface area (Å²) in [5.41, 5.74) is 2.45. The lowest BCUT2D eigenvalue weighted by atomic mass is 9.96. The predicted molar refractivity (Wildman–Crippen MR) is 112 cm³/mol. The molecule has 5 heteroatoms. The molecule has 0 bridgehead atoms. The lowest BCUT2D eigenvalue weighted by molar-refractivity contribution is -0.163. The molecule has 0 aliphatic carbocycles. The molecule has 2 aromatic carbocycles. The van der Waals surface area contributed by atoms with Crippen molar-refractivity contribution in [1.29, 1.82) is 0 Å². The standard InChI is InChI=1S/C22H27Cl2NO2/c23-20-10-9-18(14-21(20)24)19(11-13-27-22-8-4-5-12-26-22)16-25-15-17-6-2-1-3-7-17/h1-3,6-7,9-10,14,19,22,25H,4-5,8,11-13,15-16H2. The van der Waals surface area contributed by atoms with Crippen LogP contribution in [0, 0.1) is 0 Å². The fraction of sp³-hybridized carbons (Fsp3) is 0.455. The molecule has 0 amide bonds. The molecule has 2 aromatic rings. The number of nitrogens with one attached hydrogen (secondary N) is 1. The van der Waals surface area contributed by atoms with Gasteiger partial charge in [0.05, 0.1) is 16.7 Å². The van der Waals surface area contributed by atoms with E-state index in [1.54, 1.807) is 0 Å². The van der Waals surface area contributed by atoms with Crippen LogP contribution in [0.15, 0.2) is 48.5 Å². The molecule has 3 rings (SSSR count). The van der Waals surface area contributed by atoms with E-state index in [0.29, 0.717) is 22.6 Å². The second-order valence-electron chi connectivity index (χ2n) is 6.94. The lowest BCUT2D eigenvalue weighted by Gasteiger charge is -2.24. The van der Waals surface area contributed by atoms with Crippen LogP contribution in [-0.2, 0) is 16.0 Å². The summed E-state index contributed by atoms with van der Waals surface area (Å²) in [5.74, 6) is 0.298. The minimum atomic E-state index is -0.0505. The number of halogens is 2. The Morgan fingerprint density at radius 2 is 1.93 bits per heavy atom. The lowest BCUT2D eigenvalue weighted by Crippen LogP contribution is -2.25. The van der Waals surface area contributed by atoms with Crippen molar-refractivity contribution in [3.8, 4) is 0 Å². The molecule has 1 aliphatic heterocycles. The van der Waals surface area contributed by atoms with E-state index in [-0.39, 0.29) is 6.29 Å². The summed E-state index contributed by atoms with van der Waals surface area (Å²) >= 11 is 12.3. The molecular weight excluding hydrogens is 381 g/mol. The van der Waals surface area contributed by atoms with Gasteiger partial charge in [0.2, 0.25) is 0 Å². The molecule has 1 aliphatic rings. The van der Waals surface area contributed by atoms with Crippen LogP contribution in [-0.4, -0.2) is 26.0 Å². The molecule has 2 atom stereocenters. The molecule has 0 radical (unpaired) electrons. The zero-order chi connectivity index (χ0) is 18.9. The molecule has 2 unspecified atom stereocenters. The Morgan fingerprint density at radius 1 is 1.07 bits per heavy atom. The Kier molecular flexibility index (Phi) is 8.43. The fourth-order valence-corrected chi connectivity index (χ4v) is 3.63. The van der Waals surface area contributed by atoms with E-state index in [4.69, 9.17) is 32.7 Å². The average Bonchev–Trinajstić information content (AvgIpc) is 2.70. The summed E-state index contributed by atoms with van der Waals surface area (Å²) in [6, 6.07) is 16.3. The first kappa shape index (κ1) is 20.6. The van der Waals surface area contributed by atoms with E-state index in [1.165, 1.54) is 17.5 Å². The van der Waals surface area contributed by atoms with Crippen molar-refractivity contribution in [2.45, 2.75) is 44.4 Å². The number of benzene rings is 2. The highest BCUT2D eigenvalue weighted by Crippen LogP contribution is 2.28. The fourth-order valence-electron chi connectivity index (χ4n) is 3.32. The maximum atomic E-state index is 6.24. The van der Waals surface area contributed by atoms with Crippen LogP contribution in [0.2, 0.25) is 10.0 Å². The van der Waals surface area contributed by atoms with Crippen molar-refractivity contribution < 1.29 is 9.47 Å². The first-order chi connectivity index (χ1) is 13.2. The van der Waals surface area contributed by atoms with E-state index in [9.17, 15) is 0 Å². The van der Waals surface area contributed by atoms with Gasteiger partial charge in [-0.1, -0.05) is 59.6 Å². The third kappa shape index (κ3) is 6.78. The van der Waals surface area contributed by atoms with Crippen LogP contribution in [0.3, 0.4) is 0 Å². The Morgan fingerprint density at radius 3 is 2.67 bits per heavy atom. The quantitative estimate of drug-likeness (QED) is 0.569. The topological polar surface area (TPSA) is 30.5 Å². The first-order valence-corrected chi connectivity index (χ1v) is 10.4. The normalized spacial score (nSPS) is 18.4. The van der Waals surface area contributed by atoms with Crippen molar-refractivity contribution in [2.75, 3.05) is 19.8 Å². The number of ether oxygens (including phenoxy) is 2. The zero-order valence-corrected chi connectivity index (χ0v) is 17.0. The van der Waals surface area contributed by atoms with E-state index < -0.39 is 0 Å². The molecule has 1 N–H and O–H groups in total. The van der Waals surface area contributed by atoms with Crippen LogP contribution in [0.1, 0.15) is 42.7 Å². The largest absolute Gasteiger partial charge is 0.353 e. The molecule has 3 nitrogen and oxygen atoms in total. The molecule has 1 heterocycles. The van der Waals surface area contributed by atoms with Gasteiger partial charge in [-0.25, -0.2) is 0 Å². The van der Waals surface area contributed by atoms with Gasteiger partial charge < -0.3 is 14.8 Å². The van der Waals surface area contributed by atoms with Crippen LogP contribution >= 0.6 is 23.2 Å². The Bertz CT molecular complexity index is 690. The van der Waals surface area contributed by atoms with E-state index >= 15 is 0 Å². The minimum Gasteiger partial charge on any atom is -0.353 e. The third-order valence-corrected chi connectivity index (χ3v) is 5.62. The van der Waals surface area contributed by atoms with Gasteiger partial charge in [0.15, 0.2) is 6.29 Å². The smallest absolute Gasteiger partial charge is 0.157 e. The van der Waals surface area contributed by atoms with E-state index in [1.807, 2.05) is 18.2 Å². The van der Waals surface area contributed by atoms with E-state index in [0.717, 1.165) is 39.0 Å². The monoisotopic (exact) mass is 407 g/mol. The van der Waals surface area contributed by atoms with Crippen LogP contribution in [0.25, 0.3) is 0 Å². The Labute approximate surface area is 172 Å². The average molecular weight is 408 g/mol. The van der Waals surface area contributed by atoms with Gasteiger partial charge in [0, 0.05) is 19.7 Å². The van der Waals surface area contributed by atoms with Gasteiger partial charge in [-0.3, -0.25) is 0 Å². The third-order valence-electron chi connectivity index (χ3n) is 4.89. The van der Waals surface area contributed by atoms with Gasteiger partial charge in [0.25, 0.3) is 0 Å². The molecule has 1 fully saturated rings. The van der Waals surface area contributed by atoms with Crippen molar-refractivity contribution in [3.05, 3.63) is 69.7 Å². The van der Waals surface area contributed by atoms with Crippen molar-refractivity contribution in [1.82, 2.24) is 5.32 Å². The van der Waals surface area contributed by atoms with Crippen LogP contribution in [0.5, 0.6) is 0 Å². The van der Waals surface area contributed by atoms with Crippen LogP contribution in [0.4, 0.5) is 0 Å². The first-order valence-electron chi connectivity index (χ1n) is 9.65. The molecule has 0 saturated carbocycles. The summed E-state index contributed by atoms with van der Waals surface area (Å²) in [4.78, 5) is 0. The Balaban J connectivity index is 1.56. The van der Waals surface area contributed by atoms with Gasteiger partial charge in [-0.05, 0) is 54.9 Å². The second-order valence-corrected chi connectivity index (χ2v) is 7.76. The summed E-state index contributed by atoms with van der Waals surface area (Å²) in [6.07, 6.45) is 4.16. The van der Waals surface area contributed by atoms with Gasteiger partial charge in [0.1, 0.15) is 0 Å². The predicted octanol–water partition coefficient (Wildman–Crippen LogP) is 5.80. The Hall–Kier alpha value is -1.10. The highest BCUT2D eigenvalue weighted by Gasteiger charge is 2.17. The zero-order valence-electron chi connectivity index (χ0n) is 15.5.